The zero-order chi connectivity index (χ0) is 15.0. The molecule has 5 heteroatoms. The molecule has 0 N–H and O–H groups in total. The molecule has 20 heavy (non-hydrogen) atoms. The summed E-state index contributed by atoms with van der Waals surface area (Å²) in [6.45, 7) is 8.21. The number of hydrogen-bond donors (Lipinski definition) is 2. The Morgan fingerprint density at radius 1 is 1.15 bits per heavy atom. The van der Waals surface area contributed by atoms with Gasteiger partial charge >= 0.3 is 7.12 Å². The van der Waals surface area contributed by atoms with Gasteiger partial charge in [0.25, 0.3) is 0 Å². The smallest absolute Gasteiger partial charge is 0.400 e. The lowest BCUT2D eigenvalue weighted by molar-refractivity contribution is 0.00578. The van der Waals surface area contributed by atoms with Gasteiger partial charge in [-0.2, -0.15) is 12.6 Å². The van der Waals surface area contributed by atoms with Gasteiger partial charge in [-0.05, 0) is 44.8 Å². The van der Waals surface area contributed by atoms with Crippen molar-refractivity contribution in [3.63, 3.8) is 0 Å². The lowest BCUT2D eigenvalue weighted by Gasteiger charge is -2.32. The summed E-state index contributed by atoms with van der Waals surface area (Å²) in [6.07, 6.45) is 2.05. The molecule has 1 aliphatic heterocycles. The maximum absolute atomic E-state index is 6.06. The number of benzene rings is 1. The molecule has 2 nitrogen and oxygen atoms in total. The van der Waals surface area contributed by atoms with E-state index in [0.29, 0.717) is 5.75 Å². The third-order valence-electron chi connectivity index (χ3n) is 4.02. The Bertz CT molecular complexity index is 510. The van der Waals surface area contributed by atoms with Crippen molar-refractivity contribution in [2.24, 2.45) is 0 Å². The van der Waals surface area contributed by atoms with E-state index in [2.05, 4.69) is 59.0 Å². The molecular weight excluding hydrogens is 287 g/mol. The number of thiol groups is 2. The molecular formula is C15H21BO2S2. The molecule has 0 spiro atoms. The molecule has 108 valence electrons. The molecule has 0 unspecified atom stereocenters. The Balaban J connectivity index is 2.29. The van der Waals surface area contributed by atoms with Crippen molar-refractivity contribution in [1.29, 1.82) is 0 Å². The second kappa shape index (κ2) is 5.80. The average molecular weight is 308 g/mol. The SMILES string of the molecule is CC1(C)OB(C(=Cc2ccccc2S)CS)OC1(C)C. The van der Waals surface area contributed by atoms with Gasteiger partial charge in [-0.15, -0.1) is 12.6 Å². The van der Waals surface area contributed by atoms with Crippen LogP contribution in [0.5, 0.6) is 0 Å². The van der Waals surface area contributed by atoms with E-state index in [1.54, 1.807) is 0 Å². The van der Waals surface area contributed by atoms with Crippen LogP contribution in [0.4, 0.5) is 0 Å². The first-order valence-corrected chi connectivity index (χ1v) is 7.80. The molecule has 1 saturated heterocycles. The van der Waals surface area contributed by atoms with Gasteiger partial charge in [-0.1, -0.05) is 24.3 Å². The van der Waals surface area contributed by atoms with Crippen LogP contribution in [0.15, 0.2) is 34.6 Å². The first-order valence-electron chi connectivity index (χ1n) is 6.72. The molecule has 0 aromatic heterocycles. The predicted octanol–water partition coefficient (Wildman–Crippen LogP) is 3.92. The van der Waals surface area contributed by atoms with Crippen LogP contribution in [0.3, 0.4) is 0 Å². The molecule has 0 amide bonds. The van der Waals surface area contributed by atoms with Crippen LogP contribution in [0.2, 0.25) is 0 Å². The van der Waals surface area contributed by atoms with Gasteiger partial charge in [0.1, 0.15) is 0 Å². The Hall–Kier alpha value is -0.355. The summed E-state index contributed by atoms with van der Waals surface area (Å²) < 4.78 is 12.1. The maximum atomic E-state index is 6.06. The average Bonchev–Trinajstić information content (AvgIpc) is 2.57. The highest BCUT2D eigenvalue weighted by atomic mass is 32.1. The van der Waals surface area contributed by atoms with Crippen LogP contribution in [-0.4, -0.2) is 24.1 Å². The van der Waals surface area contributed by atoms with Gasteiger partial charge in [-0.25, -0.2) is 0 Å². The van der Waals surface area contributed by atoms with Crippen LogP contribution in [0, 0.1) is 0 Å². The summed E-state index contributed by atoms with van der Waals surface area (Å²) in [5.41, 5.74) is 1.39. The van der Waals surface area contributed by atoms with Gasteiger partial charge in [0.2, 0.25) is 0 Å². The van der Waals surface area contributed by atoms with Crippen LogP contribution in [0.25, 0.3) is 6.08 Å². The molecule has 1 aromatic rings. The van der Waals surface area contributed by atoms with Crippen molar-refractivity contribution < 1.29 is 9.31 Å². The molecule has 0 atom stereocenters. The highest BCUT2D eigenvalue weighted by molar-refractivity contribution is 7.80. The summed E-state index contributed by atoms with van der Waals surface area (Å²) in [5.74, 6) is 0.582. The monoisotopic (exact) mass is 308 g/mol. The summed E-state index contributed by atoms with van der Waals surface area (Å²) in [6, 6.07) is 7.95. The summed E-state index contributed by atoms with van der Waals surface area (Å²) in [7, 11) is -0.356. The zero-order valence-electron chi connectivity index (χ0n) is 12.4. The van der Waals surface area contributed by atoms with E-state index >= 15 is 0 Å². The maximum Gasteiger partial charge on any atom is 0.491 e. The molecule has 1 heterocycles. The van der Waals surface area contributed by atoms with Crippen molar-refractivity contribution >= 4 is 38.5 Å². The summed E-state index contributed by atoms with van der Waals surface area (Å²) >= 11 is 8.89. The number of rotatable bonds is 3. The van der Waals surface area contributed by atoms with Gasteiger partial charge in [-0.3, -0.25) is 0 Å². The fourth-order valence-electron chi connectivity index (χ4n) is 1.99. The Labute approximate surface area is 132 Å². The second-order valence-corrected chi connectivity index (χ2v) is 6.82. The lowest BCUT2D eigenvalue weighted by Crippen LogP contribution is -2.41. The third kappa shape index (κ3) is 3.11. The normalized spacial score (nSPS) is 21.3. The highest BCUT2D eigenvalue weighted by Gasteiger charge is 2.52. The predicted molar refractivity (Wildman–Crippen MR) is 91.6 cm³/mol. The molecule has 1 fully saturated rings. The Kier molecular flexibility index (Phi) is 4.64. The van der Waals surface area contributed by atoms with Crippen molar-refractivity contribution in [2.45, 2.75) is 43.8 Å². The molecule has 0 saturated carbocycles. The van der Waals surface area contributed by atoms with E-state index in [9.17, 15) is 0 Å². The van der Waals surface area contributed by atoms with E-state index in [1.165, 1.54) is 0 Å². The van der Waals surface area contributed by atoms with Gasteiger partial charge in [0.15, 0.2) is 0 Å². The van der Waals surface area contributed by atoms with Crippen LogP contribution >= 0.6 is 25.3 Å². The highest BCUT2D eigenvalue weighted by Crippen LogP contribution is 2.39. The minimum Gasteiger partial charge on any atom is -0.400 e. The van der Waals surface area contributed by atoms with E-state index in [0.717, 1.165) is 15.9 Å². The fourth-order valence-corrected chi connectivity index (χ4v) is 2.46. The quantitative estimate of drug-likeness (QED) is 0.651. The minimum absolute atomic E-state index is 0.333. The molecule has 1 aliphatic rings. The van der Waals surface area contributed by atoms with Gasteiger partial charge < -0.3 is 9.31 Å². The van der Waals surface area contributed by atoms with E-state index in [-0.39, 0.29) is 18.3 Å². The van der Waals surface area contributed by atoms with E-state index in [4.69, 9.17) is 9.31 Å². The van der Waals surface area contributed by atoms with Crippen LogP contribution in [0.1, 0.15) is 33.3 Å². The first-order chi connectivity index (χ1) is 9.27. The van der Waals surface area contributed by atoms with Crippen molar-refractivity contribution in [3.05, 3.63) is 35.3 Å². The minimum atomic E-state index is -0.356. The molecule has 2 rings (SSSR count). The summed E-state index contributed by atoms with van der Waals surface area (Å²) in [5, 5.41) is 0. The third-order valence-corrected chi connectivity index (χ3v) is 4.79. The number of hydrogen-bond acceptors (Lipinski definition) is 4. The van der Waals surface area contributed by atoms with Crippen molar-refractivity contribution in [2.75, 3.05) is 5.75 Å². The lowest BCUT2D eigenvalue weighted by atomic mass is 9.78. The molecule has 0 aliphatic carbocycles. The van der Waals surface area contributed by atoms with Crippen molar-refractivity contribution in [1.82, 2.24) is 0 Å². The van der Waals surface area contributed by atoms with Crippen LogP contribution < -0.4 is 0 Å². The Morgan fingerprint density at radius 3 is 2.20 bits per heavy atom. The topological polar surface area (TPSA) is 18.5 Å². The largest absolute Gasteiger partial charge is 0.491 e. The fraction of sp³-hybridized carbons (Fsp3) is 0.467. The standard InChI is InChI=1S/C15H21BO2S2/c1-14(2)15(3,4)18-16(17-14)12(10-19)9-11-7-5-6-8-13(11)20/h5-9,19-20H,10H2,1-4H3. The van der Waals surface area contributed by atoms with Crippen LogP contribution in [-0.2, 0) is 9.31 Å². The zero-order valence-corrected chi connectivity index (χ0v) is 14.2. The molecule has 0 radical (unpaired) electrons. The Morgan fingerprint density at radius 2 is 1.70 bits per heavy atom. The van der Waals surface area contributed by atoms with Gasteiger partial charge in [0.05, 0.1) is 11.2 Å². The second-order valence-electron chi connectivity index (χ2n) is 6.02. The van der Waals surface area contributed by atoms with Gasteiger partial charge in [0, 0.05) is 10.6 Å². The van der Waals surface area contributed by atoms with E-state index in [1.807, 2.05) is 24.3 Å². The van der Waals surface area contributed by atoms with Crippen molar-refractivity contribution in [3.8, 4) is 0 Å². The van der Waals surface area contributed by atoms with E-state index < -0.39 is 0 Å². The first kappa shape index (κ1) is 16.0. The summed E-state index contributed by atoms with van der Waals surface area (Å²) in [4.78, 5) is 0.934. The molecule has 1 aromatic carbocycles. The molecule has 0 bridgehead atoms.